The van der Waals surface area contributed by atoms with Crippen molar-refractivity contribution in [1.29, 1.82) is 0 Å². The number of carbonyl (C=O) groups is 3. The summed E-state index contributed by atoms with van der Waals surface area (Å²) in [7, 11) is 0. The van der Waals surface area contributed by atoms with Gasteiger partial charge in [0.15, 0.2) is 0 Å². The lowest BCUT2D eigenvalue weighted by Crippen LogP contribution is -2.62. The first-order chi connectivity index (χ1) is 14.2. The molecule has 3 rings (SSSR count). The van der Waals surface area contributed by atoms with E-state index in [0.717, 1.165) is 5.56 Å². The number of nitrogens with one attached hydrogen (secondary N) is 1. The van der Waals surface area contributed by atoms with Crippen LogP contribution in [0.3, 0.4) is 0 Å². The maximum absolute atomic E-state index is 12.8. The Balaban J connectivity index is 1.73. The van der Waals surface area contributed by atoms with E-state index in [1.807, 2.05) is 51.1 Å². The monoisotopic (exact) mass is 417 g/mol. The van der Waals surface area contributed by atoms with E-state index < -0.39 is 23.3 Å². The van der Waals surface area contributed by atoms with Gasteiger partial charge in [0, 0.05) is 32.6 Å². The molecule has 2 aliphatic heterocycles. The van der Waals surface area contributed by atoms with Crippen LogP contribution in [0.25, 0.3) is 0 Å². The number of hydrogen-bond acceptors (Lipinski definition) is 5. The normalized spacial score (nSPS) is 22.3. The van der Waals surface area contributed by atoms with Gasteiger partial charge in [-0.1, -0.05) is 30.3 Å². The van der Waals surface area contributed by atoms with Gasteiger partial charge in [0.1, 0.15) is 12.2 Å². The molecule has 30 heavy (non-hydrogen) atoms. The van der Waals surface area contributed by atoms with Crippen molar-refractivity contribution in [3.05, 3.63) is 35.9 Å². The molecule has 164 valence electrons. The second kappa shape index (κ2) is 8.93. The van der Waals surface area contributed by atoms with Crippen molar-refractivity contribution in [3.63, 3.8) is 0 Å². The minimum atomic E-state index is -0.700. The number of nitrogens with zero attached hydrogens (tertiary/aromatic N) is 2. The third kappa shape index (κ3) is 5.87. The zero-order valence-electron chi connectivity index (χ0n) is 18.0. The largest absolute Gasteiger partial charge is 0.445 e. The quantitative estimate of drug-likeness (QED) is 0.799. The summed E-state index contributed by atoms with van der Waals surface area (Å²) in [4.78, 5) is 40.8. The van der Waals surface area contributed by atoms with Crippen molar-refractivity contribution in [1.82, 2.24) is 15.1 Å². The standard InChI is InChI=1S/C22H31N3O5/c1-21(2,3)30-20(28)25-13-12-24(15-22(16-25)11-7-10-18(26)23-22)19(27)29-14-17-8-5-4-6-9-17/h4-6,8-9H,7,10-16H2,1-3H3,(H,23,26)/t22-/m0/s1. The predicted molar refractivity (Wildman–Crippen MR) is 111 cm³/mol. The Bertz CT molecular complexity index is 777. The molecule has 8 nitrogen and oxygen atoms in total. The summed E-state index contributed by atoms with van der Waals surface area (Å²) in [6.45, 7) is 6.83. The average Bonchev–Trinajstić information content (AvgIpc) is 2.85. The minimum Gasteiger partial charge on any atom is -0.445 e. The van der Waals surface area contributed by atoms with Crippen LogP contribution in [0.4, 0.5) is 9.59 Å². The second-order valence-corrected chi connectivity index (χ2v) is 9.05. The van der Waals surface area contributed by atoms with Crippen LogP contribution in [0, 0.1) is 0 Å². The van der Waals surface area contributed by atoms with E-state index in [4.69, 9.17) is 9.47 Å². The molecule has 0 saturated carbocycles. The molecule has 1 aromatic carbocycles. The van der Waals surface area contributed by atoms with Crippen molar-refractivity contribution >= 4 is 18.1 Å². The fourth-order valence-electron chi connectivity index (χ4n) is 3.87. The van der Waals surface area contributed by atoms with Crippen LogP contribution in [-0.4, -0.2) is 65.2 Å². The van der Waals surface area contributed by atoms with Gasteiger partial charge >= 0.3 is 12.2 Å². The highest BCUT2D eigenvalue weighted by Crippen LogP contribution is 2.26. The number of piperidine rings is 1. The molecule has 8 heteroatoms. The van der Waals surface area contributed by atoms with Crippen LogP contribution in [0.15, 0.2) is 30.3 Å². The summed E-state index contributed by atoms with van der Waals surface area (Å²) in [5, 5.41) is 3.04. The molecule has 2 aliphatic rings. The summed E-state index contributed by atoms with van der Waals surface area (Å²) < 4.78 is 11.0. The van der Waals surface area contributed by atoms with Gasteiger partial charge in [0.05, 0.1) is 5.54 Å². The summed E-state index contributed by atoms with van der Waals surface area (Å²) >= 11 is 0. The van der Waals surface area contributed by atoms with Crippen LogP contribution in [0.2, 0.25) is 0 Å². The molecule has 2 saturated heterocycles. The summed E-state index contributed by atoms with van der Waals surface area (Å²) in [5.74, 6) is -0.0649. The Kier molecular flexibility index (Phi) is 6.53. The SMILES string of the molecule is CC(C)(C)OC(=O)N1CCN(C(=O)OCc2ccccc2)C[C@@]2(CCCC(=O)N2)C1. The lowest BCUT2D eigenvalue weighted by molar-refractivity contribution is -0.125. The molecule has 0 aliphatic carbocycles. The van der Waals surface area contributed by atoms with Gasteiger partial charge in [-0.2, -0.15) is 0 Å². The molecule has 1 N–H and O–H groups in total. The van der Waals surface area contributed by atoms with E-state index in [1.54, 1.807) is 9.80 Å². The van der Waals surface area contributed by atoms with Gasteiger partial charge in [-0.15, -0.1) is 0 Å². The Morgan fingerprint density at radius 2 is 1.70 bits per heavy atom. The fraction of sp³-hybridized carbons (Fsp3) is 0.591. The number of hydrogen-bond donors (Lipinski definition) is 1. The van der Waals surface area contributed by atoms with Gasteiger partial charge in [-0.05, 0) is 39.2 Å². The number of amides is 3. The fourth-order valence-corrected chi connectivity index (χ4v) is 3.87. The van der Waals surface area contributed by atoms with Crippen molar-refractivity contribution in [2.45, 2.75) is 57.8 Å². The molecule has 1 atom stereocenters. The highest BCUT2D eigenvalue weighted by atomic mass is 16.6. The lowest BCUT2D eigenvalue weighted by Gasteiger charge is -2.41. The van der Waals surface area contributed by atoms with E-state index in [2.05, 4.69) is 5.32 Å². The Morgan fingerprint density at radius 3 is 2.30 bits per heavy atom. The first-order valence-electron chi connectivity index (χ1n) is 10.4. The summed E-state index contributed by atoms with van der Waals surface area (Å²) in [5.41, 5.74) is -0.424. The van der Waals surface area contributed by atoms with Crippen LogP contribution >= 0.6 is 0 Å². The molecular weight excluding hydrogens is 386 g/mol. The van der Waals surface area contributed by atoms with Crippen LogP contribution in [0.5, 0.6) is 0 Å². The Labute approximate surface area is 177 Å². The summed E-state index contributed by atoms with van der Waals surface area (Å²) in [6.07, 6.45) is 0.943. The topological polar surface area (TPSA) is 88.2 Å². The highest BCUT2D eigenvalue weighted by molar-refractivity contribution is 5.78. The van der Waals surface area contributed by atoms with E-state index in [-0.39, 0.29) is 12.5 Å². The minimum absolute atomic E-state index is 0.0649. The molecule has 2 heterocycles. The van der Waals surface area contributed by atoms with Gasteiger partial charge in [0.2, 0.25) is 5.91 Å². The van der Waals surface area contributed by atoms with Crippen molar-refractivity contribution in [2.24, 2.45) is 0 Å². The number of ether oxygens (including phenoxy) is 2. The third-order valence-corrected chi connectivity index (χ3v) is 5.21. The van der Waals surface area contributed by atoms with Crippen molar-refractivity contribution in [2.75, 3.05) is 26.2 Å². The third-order valence-electron chi connectivity index (χ3n) is 5.21. The predicted octanol–water partition coefficient (Wildman–Crippen LogP) is 2.91. The molecule has 3 amide bonds. The molecular formula is C22H31N3O5. The molecule has 0 aromatic heterocycles. The van der Waals surface area contributed by atoms with E-state index in [1.165, 1.54) is 0 Å². The van der Waals surface area contributed by atoms with Crippen LogP contribution in [-0.2, 0) is 20.9 Å². The van der Waals surface area contributed by atoms with E-state index in [9.17, 15) is 14.4 Å². The summed E-state index contributed by atoms with van der Waals surface area (Å²) in [6, 6.07) is 9.47. The maximum Gasteiger partial charge on any atom is 0.410 e. The van der Waals surface area contributed by atoms with Gasteiger partial charge < -0.3 is 24.6 Å². The van der Waals surface area contributed by atoms with E-state index in [0.29, 0.717) is 45.4 Å². The zero-order valence-corrected chi connectivity index (χ0v) is 18.0. The lowest BCUT2D eigenvalue weighted by atomic mass is 9.87. The van der Waals surface area contributed by atoms with Crippen molar-refractivity contribution < 1.29 is 23.9 Å². The zero-order chi connectivity index (χ0) is 21.8. The van der Waals surface area contributed by atoms with Crippen LogP contribution < -0.4 is 5.32 Å². The second-order valence-electron chi connectivity index (χ2n) is 9.05. The first-order valence-corrected chi connectivity index (χ1v) is 10.4. The number of benzene rings is 1. The molecule has 0 unspecified atom stereocenters. The molecule has 1 aromatic rings. The number of rotatable bonds is 2. The molecule has 0 radical (unpaired) electrons. The molecule has 1 spiro atoms. The Hall–Kier alpha value is -2.77. The molecule has 0 bridgehead atoms. The average molecular weight is 418 g/mol. The van der Waals surface area contributed by atoms with Crippen molar-refractivity contribution in [3.8, 4) is 0 Å². The first kappa shape index (κ1) is 21.9. The maximum atomic E-state index is 12.8. The smallest absolute Gasteiger partial charge is 0.410 e. The Morgan fingerprint density at radius 1 is 1.07 bits per heavy atom. The van der Waals surface area contributed by atoms with Gasteiger partial charge in [-0.25, -0.2) is 9.59 Å². The number of carbonyl (C=O) groups excluding carboxylic acids is 3. The molecule has 2 fully saturated rings. The van der Waals surface area contributed by atoms with Gasteiger partial charge in [0.25, 0.3) is 0 Å². The van der Waals surface area contributed by atoms with Gasteiger partial charge in [-0.3, -0.25) is 4.79 Å². The highest BCUT2D eigenvalue weighted by Gasteiger charge is 2.43. The van der Waals surface area contributed by atoms with Crippen LogP contribution in [0.1, 0.15) is 45.6 Å². The van der Waals surface area contributed by atoms with E-state index >= 15 is 0 Å².